The van der Waals surface area contributed by atoms with E-state index in [4.69, 9.17) is 0 Å². The summed E-state index contributed by atoms with van der Waals surface area (Å²) >= 11 is 0. The van der Waals surface area contributed by atoms with E-state index in [1.54, 1.807) is 5.10 Å². The summed E-state index contributed by atoms with van der Waals surface area (Å²) in [5.41, 5.74) is 0. The SMILES string of the molecule is CO[C@@H](C)C(=O)Nc1n[nH]c(C(F)(F)F)n1. The van der Waals surface area contributed by atoms with Crippen molar-refractivity contribution in [2.45, 2.75) is 19.2 Å². The molecule has 1 rings (SSSR count). The van der Waals surface area contributed by atoms with Crippen LogP contribution >= 0.6 is 0 Å². The van der Waals surface area contributed by atoms with Gasteiger partial charge in [-0.3, -0.25) is 15.2 Å². The highest BCUT2D eigenvalue weighted by molar-refractivity contribution is 5.92. The van der Waals surface area contributed by atoms with Crippen molar-refractivity contribution in [1.82, 2.24) is 15.2 Å². The van der Waals surface area contributed by atoms with Crippen LogP contribution in [0.2, 0.25) is 0 Å². The zero-order valence-electron chi connectivity index (χ0n) is 8.42. The lowest BCUT2D eigenvalue weighted by atomic mass is 10.4. The first-order valence-electron chi connectivity index (χ1n) is 4.18. The Labute approximate surface area is 88.2 Å². The van der Waals surface area contributed by atoms with E-state index in [2.05, 4.69) is 20.1 Å². The van der Waals surface area contributed by atoms with Gasteiger partial charge >= 0.3 is 6.18 Å². The first-order valence-corrected chi connectivity index (χ1v) is 4.18. The molecule has 6 nitrogen and oxygen atoms in total. The predicted molar refractivity (Wildman–Crippen MR) is 46.5 cm³/mol. The van der Waals surface area contributed by atoms with Crippen molar-refractivity contribution in [3.8, 4) is 0 Å². The number of halogens is 3. The number of nitrogens with one attached hydrogen (secondary N) is 2. The van der Waals surface area contributed by atoms with E-state index < -0.39 is 30.0 Å². The Bertz CT molecular complexity index is 376. The molecular formula is C7H9F3N4O2. The van der Waals surface area contributed by atoms with Crippen molar-refractivity contribution in [2.24, 2.45) is 0 Å². The van der Waals surface area contributed by atoms with Gasteiger partial charge < -0.3 is 4.74 Å². The monoisotopic (exact) mass is 238 g/mol. The van der Waals surface area contributed by atoms with Crippen molar-refractivity contribution in [3.63, 3.8) is 0 Å². The number of alkyl halides is 3. The average molecular weight is 238 g/mol. The van der Waals surface area contributed by atoms with Crippen LogP contribution in [0.4, 0.5) is 19.1 Å². The molecule has 90 valence electrons. The number of aromatic nitrogens is 3. The van der Waals surface area contributed by atoms with Crippen molar-refractivity contribution >= 4 is 11.9 Å². The van der Waals surface area contributed by atoms with Gasteiger partial charge in [-0.15, -0.1) is 5.10 Å². The molecule has 0 aliphatic rings. The molecule has 0 bridgehead atoms. The summed E-state index contributed by atoms with van der Waals surface area (Å²) in [4.78, 5) is 14.3. The maximum Gasteiger partial charge on any atom is 0.451 e. The van der Waals surface area contributed by atoms with Crippen LogP contribution in [-0.4, -0.2) is 34.3 Å². The molecule has 0 spiro atoms. The number of nitrogens with zero attached hydrogens (tertiary/aromatic N) is 2. The van der Waals surface area contributed by atoms with E-state index in [1.807, 2.05) is 0 Å². The molecule has 2 N–H and O–H groups in total. The standard InChI is InChI=1S/C7H9F3N4O2/c1-3(16-2)4(15)11-6-12-5(13-14-6)7(8,9)10/h3H,1-2H3,(H2,11,12,13,14,15)/t3-/m0/s1. The van der Waals surface area contributed by atoms with Gasteiger partial charge in [0.15, 0.2) is 0 Å². The van der Waals surface area contributed by atoms with Crippen LogP contribution in [0.3, 0.4) is 0 Å². The van der Waals surface area contributed by atoms with Gasteiger partial charge in [0.2, 0.25) is 11.8 Å². The summed E-state index contributed by atoms with van der Waals surface area (Å²) in [6.07, 6.45) is -5.42. The molecule has 1 aromatic heterocycles. The first kappa shape index (κ1) is 12.4. The number of anilines is 1. The topological polar surface area (TPSA) is 79.9 Å². The number of methoxy groups -OCH3 is 1. The Morgan fingerprint density at radius 3 is 2.62 bits per heavy atom. The van der Waals surface area contributed by atoms with Gasteiger partial charge in [-0.2, -0.15) is 18.2 Å². The number of amides is 1. The number of ether oxygens (including phenoxy) is 1. The Morgan fingerprint density at radius 2 is 2.19 bits per heavy atom. The molecular weight excluding hydrogens is 229 g/mol. The Kier molecular flexibility index (Phi) is 3.48. The molecule has 9 heteroatoms. The molecule has 0 fully saturated rings. The maximum atomic E-state index is 12.1. The summed E-state index contributed by atoms with van der Waals surface area (Å²) < 4.78 is 40.9. The summed E-state index contributed by atoms with van der Waals surface area (Å²) in [7, 11) is 1.30. The van der Waals surface area contributed by atoms with Gasteiger partial charge in [0, 0.05) is 7.11 Å². The van der Waals surface area contributed by atoms with Gasteiger partial charge in [-0.1, -0.05) is 0 Å². The summed E-state index contributed by atoms with van der Waals surface area (Å²) in [6.45, 7) is 1.44. The highest BCUT2D eigenvalue weighted by Crippen LogP contribution is 2.26. The van der Waals surface area contributed by atoms with Gasteiger partial charge in [0.1, 0.15) is 6.10 Å². The van der Waals surface area contributed by atoms with E-state index in [0.717, 1.165) is 0 Å². The fraction of sp³-hybridized carbons (Fsp3) is 0.571. The fourth-order valence-corrected chi connectivity index (χ4v) is 0.763. The Morgan fingerprint density at radius 1 is 1.56 bits per heavy atom. The third-order valence-corrected chi connectivity index (χ3v) is 1.71. The maximum absolute atomic E-state index is 12.1. The number of carbonyl (C=O) groups excluding carboxylic acids is 1. The molecule has 0 saturated heterocycles. The zero-order valence-corrected chi connectivity index (χ0v) is 8.42. The van der Waals surface area contributed by atoms with E-state index >= 15 is 0 Å². The molecule has 0 radical (unpaired) electrons. The van der Waals surface area contributed by atoms with E-state index in [-0.39, 0.29) is 0 Å². The lowest BCUT2D eigenvalue weighted by molar-refractivity contribution is -0.144. The van der Waals surface area contributed by atoms with E-state index in [1.165, 1.54) is 14.0 Å². The lowest BCUT2D eigenvalue weighted by Crippen LogP contribution is -2.27. The van der Waals surface area contributed by atoms with Crippen LogP contribution in [0, 0.1) is 0 Å². The summed E-state index contributed by atoms with van der Waals surface area (Å²) in [5.74, 6) is -2.34. The number of carbonyl (C=O) groups is 1. The molecule has 1 atom stereocenters. The van der Waals surface area contributed by atoms with Crippen molar-refractivity contribution in [3.05, 3.63) is 5.82 Å². The summed E-state index contributed by atoms with van der Waals surface area (Å²) in [6, 6.07) is 0. The molecule has 1 amide bonds. The molecule has 0 aliphatic carbocycles. The Hall–Kier alpha value is -1.64. The molecule has 16 heavy (non-hydrogen) atoms. The predicted octanol–water partition coefficient (Wildman–Crippen LogP) is 0.797. The second kappa shape index (κ2) is 4.47. The molecule has 0 aliphatic heterocycles. The number of hydrogen-bond donors (Lipinski definition) is 2. The number of hydrogen-bond acceptors (Lipinski definition) is 4. The number of aromatic amines is 1. The smallest absolute Gasteiger partial charge is 0.372 e. The molecule has 0 saturated carbocycles. The largest absolute Gasteiger partial charge is 0.451 e. The van der Waals surface area contributed by atoms with E-state index in [0.29, 0.717) is 0 Å². The molecule has 1 aromatic rings. The number of H-pyrrole nitrogens is 1. The second-order valence-corrected chi connectivity index (χ2v) is 2.87. The van der Waals surface area contributed by atoms with Crippen LogP contribution < -0.4 is 5.32 Å². The fourth-order valence-electron chi connectivity index (χ4n) is 0.763. The third-order valence-electron chi connectivity index (χ3n) is 1.71. The number of rotatable bonds is 3. The van der Waals surface area contributed by atoms with Gasteiger partial charge in [0.25, 0.3) is 5.91 Å². The van der Waals surface area contributed by atoms with Gasteiger partial charge in [-0.25, -0.2) is 0 Å². The molecule has 0 aromatic carbocycles. The minimum absolute atomic E-state index is 0.443. The quantitative estimate of drug-likeness (QED) is 0.816. The van der Waals surface area contributed by atoms with Gasteiger partial charge in [0.05, 0.1) is 0 Å². The van der Waals surface area contributed by atoms with Crippen molar-refractivity contribution in [2.75, 3.05) is 12.4 Å². The second-order valence-electron chi connectivity index (χ2n) is 2.87. The van der Waals surface area contributed by atoms with Crippen LogP contribution in [0.15, 0.2) is 0 Å². The van der Waals surface area contributed by atoms with Crippen molar-refractivity contribution in [1.29, 1.82) is 0 Å². The summed E-state index contributed by atoms with van der Waals surface area (Å²) in [5, 5.41) is 6.93. The Balaban J connectivity index is 2.70. The van der Waals surface area contributed by atoms with Crippen LogP contribution in [0.1, 0.15) is 12.7 Å². The van der Waals surface area contributed by atoms with Crippen LogP contribution in [-0.2, 0) is 15.7 Å². The molecule has 1 heterocycles. The normalized spacial score (nSPS) is 13.6. The highest BCUT2D eigenvalue weighted by Gasteiger charge is 2.35. The minimum atomic E-state index is -4.62. The minimum Gasteiger partial charge on any atom is -0.372 e. The first-order chi connectivity index (χ1) is 7.34. The zero-order chi connectivity index (χ0) is 12.3. The average Bonchev–Trinajstić information content (AvgIpc) is 2.64. The van der Waals surface area contributed by atoms with Crippen molar-refractivity contribution < 1.29 is 22.7 Å². The third kappa shape index (κ3) is 2.92. The lowest BCUT2D eigenvalue weighted by Gasteiger charge is -2.06. The highest BCUT2D eigenvalue weighted by atomic mass is 19.4. The van der Waals surface area contributed by atoms with E-state index in [9.17, 15) is 18.0 Å². The van der Waals surface area contributed by atoms with Crippen LogP contribution in [0.25, 0.3) is 0 Å². The van der Waals surface area contributed by atoms with Gasteiger partial charge in [-0.05, 0) is 6.92 Å². The molecule has 0 unspecified atom stereocenters. The van der Waals surface area contributed by atoms with Crippen LogP contribution in [0.5, 0.6) is 0 Å².